The molecule has 1 saturated heterocycles. The molecule has 0 spiro atoms. The van der Waals surface area contributed by atoms with Crippen molar-refractivity contribution in [3.05, 3.63) is 22.4 Å². The Kier molecular flexibility index (Phi) is 3.89. The molecule has 16 heavy (non-hydrogen) atoms. The number of nitrogens with zero attached hydrogens (tertiary/aromatic N) is 1. The van der Waals surface area contributed by atoms with Crippen LogP contribution in [0.15, 0.2) is 16.8 Å². The van der Waals surface area contributed by atoms with Gasteiger partial charge in [0.15, 0.2) is 0 Å². The summed E-state index contributed by atoms with van der Waals surface area (Å²) in [5.41, 5.74) is 1.27. The van der Waals surface area contributed by atoms with Crippen molar-refractivity contribution in [1.29, 1.82) is 0 Å². The molecule has 2 heterocycles. The Bertz CT molecular complexity index is 353. The first-order valence-electron chi connectivity index (χ1n) is 5.50. The van der Waals surface area contributed by atoms with Gasteiger partial charge in [-0.05, 0) is 29.3 Å². The fourth-order valence-corrected chi connectivity index (χ4v) is 3.91. The number of hydrogen-bond donors (Lipinski definition) is 1. The number of nitrogens with two attached hydrogens (primary N) is 1. The lowest BCUT2D eigenvalue weighted by atomic mass is 10.3. The molecule has 0 saturated carbocycles. The third-order valence-corrected chi connectivity index (χ3v) is 4.83. The maximum Gasteiger partial charge on any atom is 0.236 e. The van der Waals surface area contributed by atoms with Crippen molar-refractivity contribution in [3.8, 4) is 0 Å². The highest BCUT2D eigenvalue weighted by molar-refractivity contribution is 8.01. The van der Waals surface area contributed by atoms with Gasteiger partial charge in [0.05, 0.1) is 25.4 Å². The van der Waals surface area contributed by atoms with Crippen LogP contribution in [0.5, 0.6) is 0 Å². The molecule has 5 heteroatoms. The van der Waals surface area contributed by atoms with Gasteiger partial charge in [-0.25, -0.2) is 0 Å². The summed E-state index contributed by atoms with van der Waals surface area (Å²) in [7, 11) is 2.04. The molecule has 0 aromatic carbocycles. The highest BCUT2D eigenvalue weighted by atomic mass is 32.2. The van der Waals surface area contributed by atoms with E-state index in [1.54, 1.807) is 23.1 Å². The molecule has 1 aromatic heterocycles. The van der Waals surface area contributed by atoms with E-state index in [0.717, 1.165) is 13.1 Å². The summed E-state index contributed by atoms with van der Waals surface area (Å²) >= 11 is 3.45. The fourth-order valence-electron chi connectivity index (χ4n) is 1.84. The summed E-state index contributed by atoms with van der Waals surface area (Å²) in [4.78, 5) is 14.0. The third-order valence-electron chi connectivity index (χ3n) is 2.73. The second-order valence-electron chi connectivity index (χ2n) is 3.92. The first kappa shape index (κ1) is 12.0. The van der Waals surface area contributed by atoms with Crippen LogP contribution < -0.4 is 5.32 Å². The summed E-state index contributed by atoms with van der Waals surface area (Å²) in [6.45, 7) is 3.81. The van der Waals surface area contributed by atoms with Crippen molar-refractivity contribution in [2.45, 2.75) is 17.5 Å². The molecule has 0 unspecified atom stereocenters. The average molecular weight is 257 g/mol. The topological polar surface area (TPSA) is 36.9 Å². The predicted molar refractivity (Wildman–Crippen MR) is 68.5 cm³/mol. The standard InChI is InChI=1S/C11H16N2OS2/c1-8-10(14)13(5-4-12-2)11(16-8)9-3-6-15-7-9/h3,6-8,11-12H,4-5H2,1-2H3/p+1/t8-,11-/m0/s1. The monoisotopic (exact) mass is 257 g/mol. The Labute approximate surface area is 104 Å². The molecule has 1 fully saturated rings. The Morgan fingerprint density at radius 2 is 2.38 bits per heavy atom. The molecule has 3 nitrogen and oxygen atoms in total. The highest BCUT2D eigenvalue weighted by Gasteiger charge is 2.38. The quantitative estimate of drug-likeness (QED) is 0.870. The predicted octanol–water partition coefficient (Wildman–Crippen LogP) is 0.904. The lowest BCUT2D eigenvalue weighted by Gasteiger charge is -2.22. The minimum Gasteiger partial charge on any atom is -0.347 e. The van der Waals surface area contributed by atoms with E-state index in [9.17, 15) is 4.79 Å². The summed E-state index contributed by atoms with van der Waals surface area (Å²) in [5.74, 6) is 0.281. The van der Waals surface area contributed by atoms with Crippen molar-refractivity contribution in [2.24, 2.45) is 0 Å². The van der Waals surface area contributed by atoms with Crippen LogP contribution in [0.4, 0.5) is 0 Å². The molecule has 1 aromatic rings. The van der Waals surface area contributed by atoms with Gasteiger partial charge in [-0.15, -0.1) is 11.8 Å². The number of carbonyl (C=O) groups excluding carboxylic acids is 1. The zero-order valence-electron chi connectivity index (χ0n) is 9.55. The second kappa shape index (κ2) is 5.21. The molecule has 0 aliphatic carbocycles. The molecule has 1 aliphatic rings. The van der Waals surface area contributed by atoms with Gasteiger partial charge < -0.3 is 10.2 Å². The first-order chi connectivity index (χ1) is 7.74. The molecular weight excluding hydrogens is 240 g/mol. The number of hydrogen-bond acceptors (Lipinski definition) is 3. The van der Waals surface area contributed by atoms with E-state index in [2.05, 4.69) is 22.1 Å². The third kappa shape index (κ3) is 2.26. The summed E-state index contributed by atoms with van der Waals surface area (Å²) < 4.78 is 0. The minimum absolute atomic E-state index is 0.0988. The number of thioether (sulfide) groups is 1. The van der Waals surface area contributed by atoms with Gasteiger partial charge in [0.2, 0.25) is 5.91 Å². The Hall–Kier alpha value is -0.520. The van der Waals surface area contributed by atoms with Gasteiger partial charge >= 0.3 is 0 Å². The van der Waals surface area contributed by atoms with Crippen LogP contribution in [0.1, 0.15) is 17.9 Å². The number of rotatable bonds is 4. The van der Waals surface area contributed by atoms with Gasteiger partial charge in [-0.3, -0.25) is 4.79 Å². The Morgan fingerprint density at radius 3 is 3.00 bits per heavy atom. The number of likely N-dealkylation sites (N-methyl/N-ethyl adjacent to an activating group) is 1. The molecule has 88 valence electrons. The van der Waals surface area contributed by atoms with Crippen molar-refractivity contribution >= 4 is 29.0 Å². The van der Waals surface area contributed by atoms with Crippen molar-refractivity contribution < 1.29 is 10.1 Å². The van der Waals surface area contributed by atoms with E-state index in [1.807, 2.05) is 18.9 Å². The van der Waals surface area contributed by atoms with Crippen molar-refractivity contribution in [3.63, 3.8) is 0 Å². The van der Waals surface area contributed by atoms with Gasteiger partial charge in [-0.1, -0.05) is 0 Å². The van der Waals surface area contributed by atoms with Gasteiger partial charge in [0.25, 0.3) is 0 Å². The lowest BCUT2D eigenvalue weighted by Crippen LogP contribution is -2.81. The summed E-state index contributed by atoms with van der Waals surface area (Å²) in [5, 5.41) is 6.67. The van der Waals surface area contributed by atoms with Crippen molar-refractivity contribution in [2.75, 3.05) is 20.1 Å². The van der Waals surface area contributed by atoms with Crippen molar-refractivity contribution in [1.82, 2.24) is 4.90 Å². The number of amides is 1. The fraction of sp³-hybridized carbons (Fsp3) is 0.545. The Balaban J connectivity index is 2.13. The van der Waals surface area contributed by atoms with Crippen LogP contribution in [0.2, 0.25) is 0 Å². The molecule has 1 amide bonds. The maximum absolute atomic E-state index is 12.0. The second-order valence-corrected chi connectivity index (χ2v) is 6.12. The number of carbonyl (C=O) groups is 1. The lowest BCUT2D eigenvalue weighted by molar-refractivity contribution is -0.626. The molecular formula is C11H17N2OS2+. The van der Waals surface area contributed by atoms with E-state index >= 15 is 0 Å². The largest absolute Gasteiger partial charge is 0.347 e. The molecule has 2 rings (SSSR count). The normalized spacial score (nSPS) is 25.4. The number of quaternary nitrogens is 1. The van der Waals surface area contributed by atoms with Crippen LogP contribution in [0.3, 0.4) is 0 Å². The van der Waals surface area contributed by atoms with Crippen LogP contribution in [-0.4, -0.2) is 36.2 Å². The summed E-state index contributed by atoms with van der Waals surface area (Å²) in [6, 6.07) is 2.12. The number of thiophene rings is 1. The SMILES string of the molecule is C[NH2+]CCN1C(=O)[C@H](C)S[C@H]1c1ccsc1. The first-order valence-corrected chi connectivity index (χ1v) is 7.38. The van der Waals surface area contributed by atoms with Gasteiger partial charge in [0.1, 0.15) is 5.37 Å². The smallest absolute Gasteiger partial charge is 0.236 e. The zero-order valence-corrected chi connectivity index (χ0v) is 11.2. The van der Waals surface area contributed by atoms with Crippen LogP contribution in [-0.2, 0) is 4.79 Å². The minimum atomic E-state index is 0.0988. The summed E-state index contributed by atoms with van der Waals surface area (Å²) in [6.07, 6.45) is 0. The van der Waals surface area contributed by atoms with E-state index in [-0.39, 0.29) is 16.5 Å². The van der Waals surface area contributed by atoms with Crippen LogP contribution in [0.25, 0.3) is 0 Å². The molecule has 0 bridgehead atoms. The van der Waals surface area contributed by atoms with Gasteiger partial charge in [0, 0.05) is 0 Å². The molecule has 0 radical (unpaired) electrons. The van der Waals surface area contributed by atoms with Crippen LogP contribution >= 0.6 is 23.1 Å². The molecule has 1 aliphatic heterocycles. The average Bonchev–Trinajstić information content (AvgIpc) is 2.87. The van der Waals surface area contributed by atoms with E-state index < -0.39 is 0 Å². The molecule has 2 N–H and O–H groups in total. The highest BCUT2D eigenvalue weighted by Crippen LogP contribution is 2.42. The van der Waals surface area contributed by atoms with E-state index in [4.69, 9.17) is 0 Å². The van der Waals surface area contributed by atoms with E-state index in [1.165, 1.54) is 5.56 Å². The zero-order chi connectivity index (χ0) is 11.5. The van der Waals surface area contributed by atoms with Gasteiger partial charge in [-0.2, -0.15) is 11.3 Å². The Morgan fingerprint density at radius 1 is 1.56 bits per heavy atom. The molecule has 2 atom stereocenters. The maximum atomic E-state index is 12.0. The van der Waals surface area contributed by atoms with Crippen LogP contribution in [0, 0.1) is 0 Å². The van der Waals surface area contributed by atoms with E-state index in [0.29, 0.717) is 0 Å².